The molecule has 0 bridgehead atoms. The van der Waals surface area contributed by atoms with Gasteiger partial charge in [-0.05, 0) is 44.0 Å². The quantitative estimate of drug-likeness (QED) is 0.480. The fraction of sp³-hybridized carbons (Fsp3) is 0.320. The summed E-state index contributed by atoms with van der Waals surface area (Å²) in [7, 11) is 1.62. The summed E-state index contributed by atoms with van der Waals surface area (Å²) in [5.74, 6) is 0.674. The van der Waals surface area contributed by atoms with Gasteiger partial charge in [-0.3, -0.25) is 9.59 Å². The molecule has 0 fully saturated rings. The second-order valence-corrected chi connectivity index (χ2v) is 8.18. The minimum absolute atomic E-state index is 0.111. The van der Waals surface area contributed by atoms with Gasteiger partial charge in [0, 0.05) is 24.4 Å². The summed E-state index contributed by atoms with van der Waals surface area (Å²) < 4.78 is 8.85. The number of benzene rings is 2. The van der Waals surface area contributed by atoms with Gasteiger partial charge in [-0.2, -0.15) is 5.10 Å². The highest BCUT2D eigenvalue weighted by Gasteiger charge is 2.25. The van der Waals surface area contributed by atoms with Crippen molar-refractivity contribution in [2.24, 2.45) is 7.05 Å². The molecule has 4 aromatic rings. The van der Waals surface area contributed by atoms with Gasteiger partial charge in [0.25, 0.3) is 5.56 Å². The summed E-state index contributed by atoms with van der Waals surface area (Å²) in [4.78, 5) is 26.2. The maximum Gasteiger partial charge on any atom is 0.291 e. The highest BCUT2D eigenvalue weighted by Crippen LogP contribution is 2.30. The Kier molecular flexibility index (Phi) is 5.99. The molecule has 2 aromatic carbocycles. The van der Waals surface area contributed by atoms with E-state index in [-0.39, 0.29) is 17.6 Å². The van der Waals surface area contributed by atoms with Gasteiger partial charge in [-0.15, -0.1) is 0 Å². The average Bonchev–Trinajstić information content (AvgIpc) is 3.11. The summed E-state index contributed by atoms with van der Waals surface area (Å²) in [6.45, 7) is 6.32. The van der Waals surface area contributed by atoms with E-state index >= 15 is 0 Å². The van der Waals surface area contributed by atoms with Crippen LogP contribution in [0.5, 0.6) is 5.75 Å². The molecule has 32 heavy (non-hydrogen) atoms. The Morgan fingerprint density at radius 1 is 1.09 bits per heavy atom. The number of fused-ring (bicyclic) bond motifs is 3. The van der Waals surface area contributed by atoms with Gasteiger partial charge in [0.1, 0.15) is 17.3 Å². The third-order valence-electron chi connectivity index (χ3n) is 5.57. The molecule has 1 N–H and O–H groups in total. The molecule has 0 saturated carbocycles. The fourth-order valence-corrected chi connectivity index (χ4v) is 4.06. The first kappa shape index (κ1) is 21.6. The van der Waals surface area contributed by atoms with E-state index in [0.717, 1.165) is 27.6 Å². The maximum atomic E-state index is 13.3. The topological polar surface area (TPSA) is 78.2 Å². The molecule has 0 spiro atoms. The Morgan fingerprint density at radius 2 is 1.81 bits per heavy atom. The predicted molar refractivity (Wildman–Crippen MR) is 126 cm³/mol. The molecule has 0 saturated heterocycles. The Labute approximate surface area is 186 Å². The van der Waals surface area contributed by atoms with Crippen molar-refractivity contribution in [2.45, 2.75) is 45.9 Å². The predicted octanol–water partition coefficient (Wildman–Crippen LogP) is 3.94. The smallest absolute Gasteiger partial charge is 0.291 e. The van der Waals surface area contributed by atoms with Gasteiger partial charge in [-0.1, -0.05) is 37.3 Å². The molecule has 166 valence electrons. The zero-order valence-electron chi connectivity index (χ0n) is 18.8. The van der Waals surface area contributed by atoms with Gasteiger partial charge >= 0.3 is 0 Å². The number of aryl methyl sites for hydroxylation is 1. The van der Waals surface area contributed by atoms with E-state index < -0.39 is 6.04 Å². The standard InChI is InChI=1S/C25H28N4O3/c1-5-21(24(30)26-14-17-10-12-18(13-11-17)32-16(2)3)29-22-9-7-6-8-19(22)20-15-27-28(4)25(31)23(20)29/h6-13,15-16,21H,5,14H2,1-4H3,(H,26,30). The lowest BCUT2D eigenvalue weighted by Gasteiger charge is -2.19. The Hall–Kier alpha value is -3.61. The summed E-state index contributed by atoms with van der Waals surface area (Å²) in [6, 6.07) is 14.9. The average molecular weight is 433 g/mol. The molecule has 4 rings (SSSR count). The summed E-state index contributed by atoms with van der Waals surface area (Å²) in [6.07, 6.45) is 2.35. The molecule has 0 radical (unpaired) electrons. The van der Waals surface area contributed by atoms with E-state index in [2.05, 4.69) is 10.4 Å². The zero-order valence-corrected chi connectivity index (χ0v) is 18.8. The van der Waals surface area contributed by atoms with Gasteiger partial charge in [0.05, 0.1) is 17.8 Å². The Bertz CT molecular complexity index is 1320. The van der Waals surface area contributed by atoms with Gasteiger partial charge in [0.2, 0.25) is 5.91 Å². The van der Waals surface area contributed by atoms with E-state index in [9.17, 15) is 9.59 Å². The molecule has 7 nitrogen and oxygen atoms in total. The first-order valence-electron chi connectivity index (χ1n) is 10.9. The molecule has 2 aromatic heterocycles. The number of ether oxygens (including phenoxy) is 1. The molecule has 1 unspecified atom stereocenters. The Balaban J connectivity index is 1.65. The lowest BCUT2D eigenvalue weighted by Crippen LogP contribution is -2.33. The van der Waals surface area contributed by atoms with Crippen molar-refractivity contribution in [1.82, 2.24) is 19.7 Å². The van der Waals surface area contributed by atoms with Crippen LogP contribution in [0.25, 0.3) is 21.8 Å². The number of hydrogen-bond acceptors (Lipinski definition) is 4. The summed E-state index contributed by atoms with van der Waals surface area (Å²) in [5.41, 5.74) is 2.11. The number of para-hydroxylation sites is 1. The molecule has 0 aliphatic rings. The second kappa shape index (κ2) is 8.86. The number of carbonyl (C=O) groups excluding carboxylic acids is 1. The summed E-state index contributed by atoms with van der Waals surface area (Å²) in [5, 5.41) is 8.89. The van der Waals surface area contributed by atoms with Crippen LogP contribution in [0.4, 0.5) is 0 Å². The van der Waals surface area contributed by atoms with Crippen LogP contribution >= 0.6 is 0 Å². The van der Waals surface area contributed by atoms with E-state index in [4.69, 9.17) is 4.74 Å². The number of hydrogen-bond donors (Lipinski definition) is 1. The molecule has 0 aliphatic heterocycles. The monoisotopic (exact) mass is 432 g/mol. The molecule has 1 amide bonds. The lowest BCUT2D eigenvalue weighted by atomic mass is 10.1. The number of nitrogens with one attached hydrogen (secondary N) is 1. The molecular formula is C25H28N4O3. The largest absolute Gasteiger partial charge is 0.491 e. The number of rotatable bonds is 7. The first-order valence-corrected chi connectivity index (χ1v) is 10.9. The second-order valence-electron chi connectivity index (χ2n) is 8.18. The highest BCUT2D eigenvalue weighted by atomic mass is 16.5. The van der Waals surface area contributed by atoms with Crippen molar-refractivity contribution < 1.29 is 9.53 Å². The van der Waals surface area contributed by atoms with Crippen molar-refractivity contribution in [3.05, 3.63) is 70.6 Å². The number of nitrogens with zero attached hydrogens (tertiary/aromatic N) is 3. The van der Waals surface area contributed by atoms with Gasteiger partial charge < -0.3 is 14.6 Å². The summed E-state index contributed by atoms with van der Waals surface area (Å²) >= 11 is 0. The van der Waals surface area contributed by atoms with E-state index in [1.54, 1.807) is 13.2 Å². The number of amides is 1. The minimum atomic E-state index is -0.518. The molecule has 7 heteroatoms. The molecule has 0 aliphatic carbocycles. The van der Waals surface area contributed by atoms with Gasteiger partial charge in [-0.25, -0.2) is 4.68 Å². The normalized spacial score (nSPS) is 12.4. The van der Waals surface area contributed by atoms with Gasteiger partial charge in [0.15, 0.2) is 0 Å². The Morgan fingerprint density at radius 3 is 2.50 bits per heavy atom. The third kappa shape index (κ3) is 3.98. The van der Waals surface area contributed by atoms with Crippen LogP contribution in [0.1, 0.15) is 38.8 Å². The minimum Gasteiger partial charge on any atom is -0.491 e. The molecular weight excluding hydrogens is 404 g/mol. The van der Waals surface area contributed by atoms with Crippen LogP contribution in [0, 0.1) is 0 Å². The van der Waals surface area contributed by atoms with E-state index in [0.29, 0.717) is 18.5 Å². The molecule has 2 heterocycles. The van der Waals surface area contributed by atoms with E-state index in [1.165, 1.54) is 4.68 Å². The van der Waals surface area contributed by atoms with Crippen LogP contribution in [0.2, 0.25) is 0 Å². The third-order valence-corrected chi connectivity index (χ3v) is 5.57. The van der Waals surface area contributed by atoms with Crippen LogP contribution in [-0.2, 0) is 18.4 Å². The number of aromatic nitrogens is 3. The van der Waals surface area contributed by atoms with Crippen LogP contribution in [0.15, 0.2) is 59.5 Å². The van der Waals surface area contributed by atoms with Crippen molar-refractivity contribution in [3.8, 4) is 5.75 Å². The fourth-order valence-electron chi connectivity index (χ4n) is 4.06. The zero-order chi connectivity index (χ0) is 22.8. The molecule has 1 atom stereocenters. The SMILES string of the molecule is CCC(C(=O)NCc1ccc(OC(C)C)cc1)n1c2ccccc2c2cnn(C)c(=O)c21. The van der Waals surface area contributed by atoms with Crippen LogP contribution in [0.3, 0.4) is 0 Å². The van der Waals surface area contributed by atoms with Crippen LogP contribution in [-0.4, -0.2) is 26.4 Å². The van der Waals surface area contributed by atoms with Crippen molar-refractivity contribution in [1.29, 1.82) is 0 Å². The van der Waals surface area contributed by atoms with Crippen LogP contribution < -0.4 is 15.6 Å². The maximum absolute atomic E-state index is 13.3. The first-order chi connectivity index (χ1) is 15.4. The van der Waals surface area contributed by atoms with Crippen molar-refractivity contribution in [3.63, 3.8) is 0 Å². The van der Waals surface area contributed by atoms with Crippen molar-refractivity contribution >= 4 is 27.7 Å². The highest BCUT2D eigenvalue weighted by molar-refractivity contribution is 6.08. The van der Waals surface area contributed by atoms with Crippen molar-refractivity contribution in [2.75, 3.05) is 0 Å². The lowest BCUT2D eigenvalue weighted by molar-refractivity contribution is -0.124. The number of carbonyl (C=O) groups is 1. The van der Waals surface area contributed by atoms with E-state index in [1.807, 2.05) is 73.9 Å².